The Morgan fingerprint density at radius 3 is 2.53 bits per heavy atom. The van der Waals surface area contributed by atoms with Gasteiger partial charge in [-0.05, 0) is 48.9 Å². The summed E-state index contributed by atoms with van der Waals surface area (Å²) in [4.78, 5) is 38.8. The summed E-state index contributed by atoms with van der Waals surface area (Å²) in [5, 5.41) is 4.59. The summed E-state index contributed by atoms with van der Waals surface area (Å²) < 4.78 is 16.7. The maximum atomic E-state index is 14.4. The largest absolute Gasteiger partial charge is 0.352 e. The van der Waals surface area contributed by atoms with Gasteiger partial charge < -0.3 is 5.32 Å². The van der Waals surface area contributed by atoms with E-state index in [0.717, 1.165) is 28.7 Å². The number of para-hydroxylation sites is 1. The van der Waals surface area contributed by atoms with Gasteiger partial charge in [-0.25, -0.2) is 13.8 Å². The lowest BCUT2D eigenvalue weighted by Crippen LogP contribution is -2.43. The minimum absolute atomic E-state index is 0.103. The number of thiophene rings is 1. The summed E-state index contributed by atoms with van der Waals surface area (Å²) in [5.41, 5.74) is 0.0608. The van der Waals surface area contributed by atoms with E-state index in [2.05, 4.69) is 5.32 Å². The van der Waals surface area contributed by atoms with Gasteiger partial charge in [-0.3, -0.25) is 14.2 Å². The summed E-state index contributed by atoms with van der Waals surface area (Å²) >= 11 is 1.15. The van der Waals surface area contributed by atoms with E-state index in [-0.39, 0.29) is 28.9 Å². The van der Waals surface area contributed by atoms with Gasteiger partial charge in [0.1, 0.15) is 17.1 Å². The monoisotopic (exact) mass is 451 g/mol. The Labute approximate surface area is 187 Å². The van der Waals surface area contributed by atoms with Gasteiger partial charge in [0.05, 0.1) is 11.2 Å². The summed E-state index contributed by atoms with van der Waals surface area (Å²) in [6.07, 6.45) is 1.56. The minimum atomic E-state index is -0.752. The number of carbonyl (C=O) groups excluding carboxylic acids is 1. The average Bonchev–Trinajstić information content (AvgIpc) is 3.27. The van der Waals surface area contributed by atoms with Crippen LogP contribution in [0.2, 0.25) is 0 Å². The Kier molecular flexibility index (Phi) is 6.32. The zero-order valence-corrected chi connectivity index (χ0v) is 18.3. The summed E-state index contributed by atoms with van der Waals surface area (Å²) in [7, 11) is 0. The Morgan fingerprint density at radius 2 is 1.78 bits per heavy atom. The van der Waals surface area contributed by atoms with Crippen LogP contribution >= 0.6 is 11.3 Å². The van der Waals surface area contributed by atoms with Crippen molar-refractivity contribution in [3.8, 4) is 5.69 Å². The van der Waals surface area contributed by atoms with E-state index in [9.17, 15) is 18.8 Å². The molecule has 0 aliphatic heterocycles. The van der Waals surface area contributed by atoms with E-state index in [1.54, 1.807) is 17.5 Å². The summed E-state index contributed by atoms with van der Waals surface area (Å²) in [6, 6.07) is 17.1. The van der Waals surface area contributed by atoms with E-state index in [1.165, 1.54) is 28.3 Å². The van der Waals surface area contributed by atoms with E-state index in [1.807, 2.05) is 37.3 Å². The molecule has 6 nitrogen and oxygen atoms in total. The molecule has 2 heterocycles. The van der Waals surface area contributed by atoms with Crippen LogP contribution < -0.4 is 16.6 Å². The number of fused-ring (bicyclic) bond motifs is 1. The highest BCUT2D eigenvalue weighted by Crippen LogP contribution is 2.17. The van der Waals surface area contributed by atoms with Crippen LogP contribution in [-0.4, -0.2) is 21.1 Å². The zero-order chi connectivity index (χ0) is 22.7. The molecule has 2 aromatic carbocycles. The topological polar surface area (TPSA) is 73.1 Å². The van der Waals surface area contributed by atoms with E-state index in [0.29, 0.717) is 5.52 Å². The maximum absolute atomic E-state index is 14.4. The molecule has 32 heavy (non-hydrogen) atoms. The van der Waals surface area contributed by atoms with Crippen LogP contribution in [0.15, 0.2) is 75.6 Å². The van der Waals surface area contributed by atoms with Crippen LogP contribution in [0.3, 0.4) is 0 Å². The lowest BCUT2D eigenvalue weighted by Gasteiger charge is -2.16. The van der Waals surface area contributed by atoms with E-state index < -0.39 is 17.1 Å². The van der Waals surface area contributed by atoms with Crippen LogP contribution in [-0.2, 0) is 17.8 Å². The number of benzene rings is 2. The van der Waals surface area contributed by atoms with Gasteiger partial charge in [0.2, 0.25) is 5.91 Å². The third-order valence-corrected chi connectivity index (χ3v) is 6.16. The molecular formula is C24H22FN3O3S. The minimum Gasteiger partial charge on any atom is -0.352 e. The van der Waals surface area contributed by atoms with Crippen molar-refractivity contribution in [2.24, 2.45) is 0 Å². The molecule has 0 radical (unpaired) electrons. The first-order chi connectivity index (χ1) is 15.5. The van der Waals surface area contributed by atoms with Crippen LogP contribution in [0.1, 0.15) is 18.9 Å². The van der Waals surface area contributed by atoms with Crippen molar-refractivity contribution < 1.29 is 9.18 Å². The van der Waals surface area contributed by atoms with Crippen molar-refractivity contribution in [3.05, 3.63) is 98.3 Å². The first kappa shape index (κ1) is 21.7. The van der Waals surface area contributed by atoms with Gasteiger partial charge in [-0.2, -0.15) is 0 Å². The SMILES string of the molecule is CC(CCc1ccccc1)NC(=O)Cn1c(=O)n(-c2ccccc2F)c(=O)c2sccc21. The molecule has 0 spiro atoms. The number of rotatable bonds is 7. The third-order valence-electron chi connectivity index (χ3n) is 5.27. The van der Waals surface area contributed by atoms with E-state index >= 15 is 0 Å². The van der Waals surface area contributed by atoms with Gasteiger partial charge in [-0.15, -0.1) is 11.3 Å². The molecule has 0 aliphatic rings. The quantitative estimate of drug-likeness (QED) is 0.468. The van der Waals surface area contributed by atoms with Gasteiger partial charge >= 0.3 is 5.69 Å². The molecule has 1 unspecified atom stereocenters. The molecule has 2 aromatic heterocycles. The first-order valence-electron chi connectivity index (χ1n) is 10.3. The highest BCUT2D eigenvalue weighted by molar-refractivity contribution is 7.17. The van der Waals surface area contributed by atoms with Crippen molar-refractivity contribution >= 4 is 27.5 Å². The summed E-state index contributed by atoms with van der Waals surface area (Å²) in [5.74, 6) is -1.04. The number of aromatic nitrogens is 2. The number of hydrogen-bond acceptors (Lipinski definition) is 4. The maximum Gasteiger partial charge on any atom is 0.336 e. The fourth-order valence-electron chi connectivity index (χ4n) is 3.65. The Balaban J connectivity index is 1.60. The standard InChI is InChI=1S/C24H22FN3O3S/c1-16(11-12-17-7-3-2-4-8-17)26-21(29)15-27-20-13-14-32-22(20)23(30)28(24(27)31)19-10-6-5-9-18(19)25/h2-10,13-14,16H,11-12,15H2,1H3,(H,26,29). The molecule has 1 atom stereocenters. The Morgan fingerprint density at radius 1 is 1.06 bits per heavy atom. The highest BCUT2D eigenvalue weighted by atomic mass is 32.1. The smallest absolute Gasteiger partial charge is 0.336 e. The predicted octanol–water partition coefficient (Wildman–Crippen LogP) is 3.49. The summed E-state index contributed by atoms with van der Waals surface area (Å²) in [6.45, 7) is 1.64. The van der Waals surface area contributed by atoms with Gasteiger partial charge in [0, 0.05) is 6.04 Å². The van der Waals surface area contributed by atoms with Crippen molar-refractivity contribution in [2.75, 3.05) is 0 Å². The molecule has 4 rings (SSSR count). The van der Waals surface area contributed by atoms with Gasteiger partial charge in [-0.1, -0.05) is 42.5 Å². The van der Waals surface area contributed by atoms with E-state index in [4.69, 9.17) is 0 Å². The highest BCUT2D eigenvalue weighted by Gasteiger charge is 2.19. The normalized spacial score (nSPS) is 12.1. The molecule has 0 bridgehead atoms. The van der Waals surface area contributed by atoms with Crippen molar-refractivity contribution in [1.82, 2.24) is 14.5 Å². The average molecular weight is 452 g/mol. The number of aryl methyl sites for hydroxylation is 1. The van der Waals surface area contributed by atoms with Crippen LogP contribution in [0.25, 0.3) is 15.9 Å². The van der Waals surface area contributed by atoms with Crippen molar-refractivity contribution in [2.45, 2.75) is 32.4 Å². The molecular weight excluding hydrogens is 429 g/mol. The zero-order valence-electron chi connectivity index (χ0n) is 17.5. The lowest BCUT2D eigenvalue weighted by molar-refractivity contribution is -0.122. The van der Waals surface area contributed by atoms with Gasteiger partial charge in [0.25, 0.3) is 5.56 Å². The lowest BCUT2D eigenvalue weighted by atomic mass is 10.1. The molecule has 0 saturated carbocycles. The molecule has 1 N–H and O–H groups in total. The Bertz CT molecular complexity index is 1370. The molecule has 0 fully saturated rings. The van der Waals surface area contributed by atoms with Gasteiger partial charge in [0.15, 0.2) is 0 Å². The van der Waals surface area contributed by atoms with Crippen LogP contribution in [0.5, 0.6) is 0 Å². The number of hydrogen-bond donors (Lipinski definition) is 1. The number of amides is 1. The fraction of sp³-hybridized carbons (Fsp3) is 0.208. The molecule has 4 aromatic rings. The molecule has 1 amide bonds. The second-order valence-corrected chi connectivity index (χ2v) is 8.50. The third kappa shape index (κ3) is 4.40. The molecule has 164 valence electrons. The molecule has 8 heteroatoms. The number of carbonyl (C=O) groups is 1. The molecule has 0 aliphatic carbocycles. The first-order valence-corrected chi connectivity index (χ1v) is 11.1. The van der Waals surface area contributed by atoms with Crippen LogP contribution in [0.4, 0.5) is 4.39 Å². The number of nitrogens with one attached hydrogen (secondary N) is 1. The van der Waals surface area contributed by atoms with Crippen molar-refractivity contribution in [1.29, 1.82) is 0 Å². The second kappa shape index (κ2) is 9.32. The van der Waals surface area contributed by atoms with Crippen molar-refractivity contribution in [3.63, 3.8) is 0 Å². The predicted molar refractivity (Wildman–Crippen MR) is 124 cm³/mol. The number of halogens is 1. The second-order valence-electron chi connectivity index (χ2n) is 7.59. The number of nitrogens with zero attached hydrogens (tertiary/aromatic N) is 2. The fourth-order valence-corrected chi connectivity index (χ4v) is 4.47. The van der Waals surface area contributed by atoms with Crippen LogP contribution in [0, 0.1) is 5.82 Å². The Hall–Kier alpha value is -3.52. The molecule has 0 saturated heterocycles.